The Morgan fingerprint density at radius 2 is 2.00 bits per heavy atom. The topological polar surface area (TPSA) is 61.6 Å². The van der Waals surface area contributed by atoms with Gasteiger partial charge in [-0.25, -0.2) is 0 Å². The van der Waals surface area contributed by atoms with Crippen LogP contribution in [0.3, 0.4) is 0 Å². The van der Waals surface area contributed by atoms with E-state index >= 15 is 0 Å². The van der Waals surface area contributed by atoms with Crippen LogP contribution in [0.2, 0.25) is 0 Å². The molecule has 0 radical (unpaired) electrons. The molecule has 1 saturated heterocycles. The average molecular weight is 327 g/mol. The number of hydrogen-bond acceptors (Lipinski definition) is 4. The lowest BCUT2D eigenvalue weighted by Gasteiger charge is -2.26. The first-order chi connectivity index (χ1) is 10.9. The molecule has 0 amide bonds. The largest absolute Gasteiger partial charge is 0.464 e. The SMILES string of the molecule is NC1=C(c2cccc(C(F)(F)F)c2)C(=O)C(C2CCCCO2)O1. The van der Waals surface area contributed by atoms with Gasteiger partial charge in [-0.3, -0.25) is 4.79 Å². The highest BCUT2D eigenvalue weighted by Gasteiger charge is 2.42. The van der Waals surface area contributed by atoms with Crippen LogP contribution in [0.25, 0.3) is 5.57 Å². The molecule has 2 atom stereocenters. The zero-order valence-corrected chi connectivity index (χ0v) is 12.2. The Balaban J connectivity index is 1.88. The van der Waals surface area contributed by atoms with Crippen LogP contribution in [0.5, 0.6) is 0 Å². The summed E-state index contributed by atoms with van der Waals surface area (Å²) < 4.78 is 49.4. The van der Waals surface area contributed by atoms with Gasteiger partial charge < -0.3 is 15.2 Å². The number of alkyl halides is 3. The number of benzene rings is 1. The van der Waals surface area contributed by atoms with Crippen LogP contribution >= 0.6 is 0 Å². The second-order valence-corrected chi connectivity index (χ2v) is 5.63. The predicted octanol–water partition coefficient (Wildman–Crippen LogP) is 2.87. The number of halogens is 3. The van der Waals surface area contributed by atoms with E-state index in [4.69, 9.17) is 15.2 Å². The molecule has 0 aromatic heterocycles. The molecule has 2 N–H and O–H groups in total. The van der Waals surface area contributed by atoms with Crippen LogP contribution < -0.4 is 5.73 Å². The van der Waals surface area contributed by atoms with Gasteiger partial charge in [-0.05, 0) is 37.0 Å². The van der Waals surface area contributed by atoms with Crippen molar-refractivity contribution in [2.24, 2.45) is 5.73 Å². The van der Waals surface area contributed by atoms with Gasteiger partial charge in [-0.1, -0.05) is 12.1 Å². The Kier molecular flexibility index (Phi) is 4.06. The van der Waals surface area contributed by atoms with Crippen molar-refractivity contribution in [1.29, 1.82) is 0 Å². The molecule has 124 valence electrons. The Morgan fingerprint density at radius 3 is 2.65 bits per heavy atom. The van der Waals surface area contributed by atoms with E-state index in [1.165, 1.54) is 12.1 Å². The minimum atomic E-state index is -4.49. The van der Waals surface area contributed by atoms with E-state index in [0.29, 0.717) is 13.0 Å². The number of nitrogens with two attached hydrogens (primary N) is 1. The van der Waals surface area contributed by atoms with Crippen LogP contribution in [0.15, 0.2) is 30.1 Å². The van der Waals surface area contributed by atoms with E-state index in [1.54, 1.807) is 0 Å². The summed E-state index contributed by atoms with van der Waals surface area (Å²) in [4.78, 5) is 12.6. The lowest BCUT2D eigenvalue weighted by Crippen LogP contribution is -2.37. The highest BCUT2D eigenvalue weighted by Crippen LogP contribution is 2.35. The summed E-state index contributed by atoms with van der Waals surface area (Å²) >= 11 is 0. The van der Waals surface area contributed by atoms with Gasteiger partial charge >= 0.3 is 6.18 Å². The second kappa shape index (κ2) is 5.88. The molecule has 0 bridgehead atoms. The first kappa shape index (κ1) is 15.9. The number of ketones is 1. The second-order valence-electron chi connectivity index (χ2n) is 5.63. The maximum absolute atomic E-state index is 12.8. The van der Waals surface area contributed by atoms with Gasteiger partial charge in [0.2, 0.25) is 5.78 Å². The highest BCUT2D eigenvalue weighted by molar-refractivity contribution is 6.25. The van der Waals surface area contributed by atoms with Gasteiger partial charge in [0.05, 0.1) is 11.1 Å². The number of carbonyl (C=O) groups excluding carboxylic acids is 1. The van der Waals surface area contributed by atoms with Crippen LogP contribution in [0.1, 0.15) is 30.4 Å². The average Bonchev–Trinajstić information content (AvgIpc) is 2.82. The number of carbonyl (C=O) groups is 1. The molecule has 2 aliphatic rings. The Labute approximate surface area is 131 Å². The van der Waals surface area contributed by atoms with Crippen molar-refractivity contribution in [3.05, 3.63) is 41.3 Å². The van der Waals surface area contributed by atoms with Crippen molar-refractivity contribution < 1.29 is 27.4 Å². The molecule has 23 heavy (non-hydrogen) atoms. The molecule has 7 heteroatoms. The molecule has 2 unspecified atom stereocenters. The molecule has 2 heterocycles. The number of hydrogen-bond donors (Lipinski definition) is 1. The molecule has 1 aromatic rings. The van der Waals surface area contributed by atoms with Crippen molar-refractivity contribution >= 4 is 11.4 Å². The molecule has 3 rings (SSSR count). The molecule has 4 nitrogen and oxygen atoms in total. The molecule has 1 aromatic carbocycles. The number of Topliss-reactive ketones (excluding diaryl/α,β-unsaturated/α-hetero) is 1. The van der Waals surface area contributed by atoms with Crippen molar-refractivity contribution in [1.82, 2.24) is 0 Å². The van der Waals surface area contributed by atoms with E-state index in [2.05, 4.69) is 0 Å². The van der Waals surface area contributed by atoms with Crippen LogP contribution in [0.4, 0.5) is 13.2 Å². The van der Waals surface area contributed by atoms with Crippen LogP contribution in [0, 0.1) is 0 Å². The molecule has 0 aliphatic carbocycles. The third-order valence-corrected chi connectivity index (χ3v) is 4.04. The Hall–Kier alpha value is -2.02. The summed E-state index contributed by atoms with van der Waals surface area (Å²) in [6.07, 6.45) is -3.27. The first-order valence-corrected chi connectivity index (χ1v) is 7.38. The minimum Gasteiger partial charge on any atom is -0.464 e. The van der Waals surface area contributed by atoms with Gasteiger partial charge in [0, 0.05) is 6.61 Å². The summed E-state index contributed by atoms with van der Waals surface area (Å²) in [6, 6.07) is 4.52. The molecule has 0 saturated carbocycles. The Bertz CT molecular complexity index is 648. The lowest BCUT2D eigenvalue weighted by atomic mass is 9.94. The van der Waals surface area contributed by atoms with Gasteiger partial charge in [0.15, 0.2) is 12.0 Å². The quantitative estimate of drug-likeness (QED) is 0.907. The fourth-order valence-corrected chi connectivity index (χ4v) is 2.90. The van der Waals surface area contributed by atoms with E-state index < -0.39 is 29.7 Å². The van der Waals surface area contributed by atoms with Crippen LogP contribution in [-0.2, 0) is 20.4 Å². The molecular weight excluding hydrogens is 311 g/mol. The molecule has 1 fully saturated rings. The van der Waals surface area contributed by atoms with Crippen molar-refractivity contribution in [3.63, 3.8) is 0 Å². The minimum absolute atomic E-state index is 0.00438. The maximum atomic E-state index is 12.8. The third-order valence-electron chi connectivity index (χ3n) is 4.04. The standard InChI is InChI=1S/C16H16F3NO3/c17-16(18,19)10-5-3-4-9(8-10)12-13(21)14(23-15(12)20)11-6-1-2-7-22-11/h3-5,8,11,14H,1-2,6-7,20H2. The maximum Gasteiger partial charge on any atom is 0.416 e. The lowest BCUT2D eigenvalue weighted by molar-refractivity contribution is -0.137. The number of ether oxygens (including phenoxy) is 2. The van der Waals surface area contributed by atoms with E-state index in [0.717, 1.165) is 25.0 Å². The van der Waals surface area contributed by atoms with E-state index in [9.17, 15) is 18.0 Å². The summed E-state index contributed by atoms with van der Waals surface area (Å²) in [6.45, 7) is 0.538. The van der Waals surface area contributed by atoms with Gasteiger partial charge in [-0.2, -0.15) is 13.2 Å². The van der Waals surface area contributed by atoms with Crippen molar-refractivity contribution in [3.8, 4) is 0 Å². The normalized spacial score (nSPS) is 25.6. The van der Waals surface area contributed by atoms with Gasteiger partial charge in [0.25, 0.3) is 0 Å². The smallest absolute Gasteiger partial charge is 0.416 e. The summed E-state index contributed by atoms with van der Waals surface area (Å²) in [5.74, 6) is -0.567. The van der Waals surface area contributed by atoms with Gasteiger partial charge in [-0.15, -0.1) is 0 Å². The molecule has 2 aliphatic heterocycles. The predicted molar refractivity (Wildman–Crippen MR) is 76.0 cm³/mol. The van der Waals surface area contributed by atoms with E-state index in [1.807, 2.05) is 0 Å². The summed E-state index contributed by atoms with van der Waals surface area (Å²) in [5.41, 5.74) is 5.03. The monoisotopic (exact) mass is 327 g/mol. The molecule has 0 spiro atoms. The van der Waals surface area contributed by atoms with Crippen LogP contribution in [-0.4, -0.2) is 24.6 Å². The van der Waals surface area contributed by atoms with Crippen molar-refractivity contribution in [2.75, 3.05) is 6.61 Å². The van der Waals surface area contributed by atoms with Crippen molar-refractivity contribution in [2.45, 2.75) is 37.6 Å². The fourth-order valence-electron chi connectivity index (χ4n) is 2.90. The third kappa shape index (κ3) is 3.06. The summed E-state index contributed by atoms with van der Waals surface area (Å²) in [5, 5.41) is 0. The zero-order chi connectivity index (χ0) is 16.6. The first-order valence-electron chi connectivity index (χ1n) is 7.38. The molecular formula is C16H16F3NO3. The fraction of sp³-hybridized carbons (Fsp3) is 0.438. The summed E-state index contributed by atoms with van der Waals surface area (Å²) in [7, 11) is 0. The zero-order valence-electron chi connectivity index (χ0n) is 12.2. The van der Waals surface area contributed by atoms with E-state index in [-0.39, 0.29) is 17.0 Å². The highest BCUT2D eigenvalue weighted by atomic mass is 19.4. The number of rotatable bonds is 2. The van der Waals surface area contributed by atoms with Gasteiger partial charge in [0.1, 0.15) is 6.10 Å². The Morgan fingerprint density at radius 1 is 1.22 bits per heavy atom.